The zero-order chi connectivity index (χ0) is 17.9. The highest BCUT2D eigenvalue weighted by Gasteiger charge is 2.67. The average molecular weight is 350 g/mol. The number of rotatable bonds is 3. The Morgan fingerprint density at radius 3 is 2.44 bits per heavy atom. The third-order valence-corrected chi connectivity index (χ3v) is 6.93. The smallest absolute Gasteiger partial charge is 0.322 e. The number of esters is 1. The number of ether oxygens (including phenoxy) is 2. The van der Waals surface area contributed by atoms with E-state index in [0.29, 0.717) is 6.42 Å². The second kappa shape index (κ2) is 7.77. The van der Waals surface area contributed by atoms with Gasteiger partial charge < -0.3 is 9.47 Å². The van der Waals surface area contributed by atoms with Crippen LogP contribution in [0.25, 0.3) is 0 Å². The van der Waals surface area contributed by atoms with Crippen molar-refractivity contribution < 1.29 is 19.1 Å². The van der Waals surface area contributed by atoms with Crippen LogP contribution in [0.2, 0.25) is 0 Å². The minimum Gasteiger partial charge on any atom is -0.468 e. The van der Waals surface area contributed by atoms with E-state index in [1.165, 1.54) is 32.8 Å². The van der Waals surface area contributed by atoms with E-state index in [1.54, 1.807) is 0 Å². The third-order valence-electron chi connectivity index (χ3n) is 6.93. The number of methoxy groups -OCH3 is 1. The highest BCUT2D eigenvalue weighted by atomic mass is 16.5. The number of ketones is 1. The molecular weight excluding hydrogens is 316 g/mol. The Hall–Kier alpha value is -0.900. The van der Waals surface area contributed by atoms with Gasteiger partial charge >= 0.3 is 5.97 Å². The summed E-state index contributed by atoms with van der Waals surface area (Å²) in [5.74, 6) is -0.344. The largest absolute Gasteiger partial charge is 0.468 e. The molecular formula is C21H34O4. The Labute approximate surface area is 152 Å². The first-order valence-electron chi connectivity index (χ1n) is 10.4. The second-order valence-corrected chi connectivity index (χ2v) is 8.35. The summed E-state index contributed by atoms with van der Waals surface area (Å²) in [6, 6.07) is 0. The molecule has 0 N–H and O–H groups in total. The van der Waals surface area contributed by atoms with Gasteiger partial charge in [-0.25, -0.2) is 0 Å². The molecule has 0 aromatic heterocycles. The zero-order valence-electron chi connectivity index (χ0n) is 16.0. The minimum absolute atomic E-state index is 0.135. The Morgan fingerprint density at radius 2 is 1.76 bits per heavy atom. The van der Waals surface area contributed by atoms with Crippen LogP contribution in [0.3, 0.4) is 0 Å². The summed E-state index contributed by atoms with van der Waals surface area (Å²) in [6.07, 6.45) is 12.8. The highest BCUT2D eigenvalue weighted by molar-refractivity contribution is 6.07. The molecule has 3 aliphatic rings. The SMILES string of the molecule is CCC[C@@]12CC[C@@H](O1)[C@@]1(C(=O)OC)CCCCCCCCC[C@H]2C1=O. The van der Waals surface area contributed by atoms with E-state index in [-0.39, 0.29) is 29.4 Å². The normalized spacial score (nSPS) is 39.4. The topological polar surface area (TPSA) is 52.6 Å². The first-order chi connectivity index (χ1) is 12.1. The molecule has 0 radical (unpaired) electrons. The lowest BCUT2D eigenvalue weighted by Gasteiger charge is -2.48. The maximum atomic E-state index is 13.7. The Kier molecular flexibility index (Phi) is 5.87. The van der Waals surface area contributed by atoms with Crippen LogP contribution in [-0.4, -0.2) is 30.6 Å². The van der Waals surface area contributed by atoms with Crippen molar-refractivity contribution in [2.75, 3.05) is 7.11 Å². The summed E-state index contributed by atoms with van der Waals surface area (Å²) >= 11 is 0. The van der Waals surface area contributed by atoms with Crippen molar-refractivity contribution in [1.29, 1.82) is 0 Å². The van der Waals surface area contributed by atoms with Crippen LogP contribution in [0.15, 0.2) is 0 Å². The molecule has 2 heterocycles. The molecule has 0 aromatic carbocycles. The lowest BCUT2D eigenvalue weighted by Crippen LogP contribution is -2.61. The third kappa shape index (κ3) is 3.15. The van der Waals surface area contributed by atoms with Gasteiger partial charge in [-0.15, -0.1) is 0 Å². The van der Waals surface area contributed by atoms with Crippen LogP contribution in [0, 0.1) is 11.3 Å². The summed E-state index contributed by atoms with van der Waals surface area (Å²) in [6.45, 7) is 2.16. The molecule has 4 atom stereocenters. The van der Waals surface area contributed by atoms with Gasteiger partial charge in [-0.3, -0.25) is 9.59 Å². The van der Waals surface area contributed by atoms with Gasteiger partial charge in [-0.2, -0.15) is 0 Å². The average Bonchev–Trinajstić information content (AvgIpc) is 2.99. The lowest BCUT2D eigenvalue weighted by molar-refractivity contribution is -0.201. The van der Waals surface area contributed by atoms with Gasteiger partial charge in [-0.05, 0) is 32.1 Å². The summed E-state index contributed by atoms with van der Waals surface area (Å²) in [7, 11) is 1.42. The predicted molar refractivity (Wildman–Crippen MR) is 96.2 cm³/mol. The molecule has 4 bridgehead atoms. The molecule has 25 heavy (non-hydrogen) atoms. The molecule has 0 unspecified atom stereocenters. The number of carbonyl (C=O) groups is 2. The zero-order valence-corrected chi connectivity index (χ0v) is 16.0. The molecule has 0 spiro atoms. The van der Waals surface area contributed by atoms with Crippen LogP contribution >= 0.6 is 0 Å². The summed E-state index contributed by atoms with van der Waals surface area (Å²) in [5, 5.41) is 0. The van der Waals surface area contributed by atoms with Crippen molar-refractivity contribution in [3.63, 3.8) is 0 Å². The monoisotopic (exact) mass is 350 g/mol. The van der Waals surface area contributed by atoms with E-state index in [9.17, 15) is 9.59 Å². The number of carbonyl (C=O) groups excluding carboxylic acids is 2. The highest BCUT2D eigenvalue weighted by Crippen LogP contribution is 2.56. The van der Waals surface area contributed by atoms with Gasteiger partial charge in [-0.1, -0.05) is 58.3 Å². The molecule has 0 aromatic rings. The van der Waals surface area contributed by atoms with Crippen LogP contribution in [0.4, 0.5) is 0 Å². The summed E-state index contributed by atoms with van der Waals surface area (Å²) in [4.78, 5) is 26.6. The molecule has 4 nitrogen and oxygen atoms in total. The quantitative estimate of drug-likeness (QED) is 0.552. The Morgan fingerprint density at radius 1 is 1.08 bits per heavy atom. The summed E-state index contributed by atoms with van der Waals surface area (Å²) in [5.41, 5.74) is -1.37. The van der Waals surface area contributed by atoms with Gasteiger partial charge in [0.15, 0.2) is 11.2 Å². The van der Waals surface area contributed by atoms with Crippen LogP contribution in [0.1, 0.15) is 90.4 Å². The maximum Gasteiger partial charge on any atom is 0.322 e. The standard InChI is InChI=1S/C21H34O4/c1-3-13-20-15-12-17(25-20)21(19(23)24-2)14-10-8-6-4-5-7-9-11-16(20)18(21)22/h16-17H,3-15H2,1-2H3/t16-,17+,20-,21-/m0/s1. The van der Waals surface area contributed by atoms with Crippen LogP contribution in [0.5, 0.6) is 0 Å². The van der Waals surface area contributed by atoms with Gasteiger partial charge in [0.1, 0.15) is 0 Å². The van der Waals surface area contributed by atoms with E-state index in [2.05, 4.69) is 6.92 Å². The number of hydrogen-bond donors (Lipinski definition) is 0. The fourth-order valence-corrected chi connectivity index (χ4v) is 5.70. The molecule has 3 fully saturated rings. The molecule has 3 rings (SSSR count). The van der Waals surface area contributed by atoms with E-state index >= 15 is 0 Å². The van der Waals surface area contributed by atoms with E-state index in [1.807, 2.05) is 0 Å². The Balaban J connectivity index is 1.98. The molecule has 142 valence electrons. The minimum atomic E-state index is -1.05. The maximum absolute atomic E-state index is 13.7. The molecule has 4 heteroatoms. The van der Waals surface area contributed by atoms with Crippen LogP contribution in [-0.2, 0) is 19.1 Å². The van der Waals surface area contributed by atoms with E-state index in [0.717, 1.165) is 51.4 Å². The molecule has 2 aliphatic heterocycles. The first kappa shape index (κ1) is 18.9. The van der Waals surface area contributed by atoms with Crippen molar-refractivity contribution >= 4 is 11.8 Å². The van der Waals surface area contributed by atoms with Crippen molar-refractivity contribution in [3.8, 4) is 0 Å². The molecule has 2 saturated heterocycles. The van der Waals surface area contributed by atoms with Crippen molar-refractivity contribution in [1.82, 2.24) is 0 Å². The van der Waals surface area contributed by atoms with E-state index < -0.39 is 5.41 Å². The second-order valence-electron chi connectivity index (χ2n) is 8.35. The fraction of sp³-hybridized carbons (Fsp3) is 0.905. The van der Waals surface area contributed by atoms with Gasteiger partial charge in [0.25, 0.3) is 0 Å². The number of Topliss-reactive ketones (excluding diaryl/α,β-unsaturated/α-hetero) is 1. The molecule has 0 amide bonds. The van der Waals surface area contributed by atoms with Crippen LogP contribution < -0.4 is 0 Å². The number of hydrogen-bond acceptors (Lipinski definition) is 4. The Bertz CT molecular complexity index is 502. The number of fused-ring (bicyclic) bond motifs is 6. The van der Waals surface area contributed by atoms with Gasteiger partial charge in [0, 0.05) is 5.92 Å². The van der Waals surface area contributed by atoms with Crippen molar-refractivity contribution in [2.24, 2.45) is 11.3 Å². The van der Waals surface area contributed by atoms with Gasteiger partial charge in [0.05, 0.1) is 18.8 Å². The lowest BCUT2D eigenvalue weighted by atomic mass is 9.64. The van der Waals surface area contributed by atoms with Crippen molar-refractivity contribution in [3.05, 3.63) is 0 Å². The predicted octanol–water partition coefficient (Wildman–Crippen LogP) is 4.59. The fourth-order valence-electron chi connectivity index (χ4n) is 5.70. The first-order valence-corrected chi connectivity index (χ1v) is 10.4. The summed E-state index contributed by atoms with van der Waals surface area (Å²) < 4.78 is 11.7. The van der Waals surface area contributed by atoms with E-state index in [4.69, 9.17) is 9.47 Å². The molecule has 1 saturated carbocycles. The van der Waals surface area contributed by atoms with Crippen molar-refractivity contribution in [2.45, 2.75) is 102 Å². The molecule has 1 aliphatic carbocycles. The van der Waals surface area contributed by atoms with Gasteiger partial charge in [0.2, 0.25) is 0 Å².